The van der Waals surface area contributed by atoms with E-state index in [4.69, 9.17) is 0 Å². The largest absolute Gasteiger partial charge is 0.313 e. The van der Waals surface area contributed by atoms with Gasteiger partial charge in [0.25, 0.3) is 5.69 Å². The molecule has 1 aromatic rings. The van der Waals surface area contributed by atoms with E-state index in [0.29, 0.717) is 13.0 Å². The predicted octanol–water partition coefficient (Wildman–Crippen LogP) is 1.16. The van der Waals surface area contributed by atoms with Crippen LogP contribution in [-0.2, 0) is 16.3 Å². The number of non-ortho nitro benzene ring substituents is 1. The number of hydrogen-bond acceptors (Lipinski definition) is 5. The molecule has 0 aliphatic carbocycles. The molecule has 0 saturated carbocycles. The summed E-state index contributed by atoms with van der Waals surface area (Å²) < 4.78 is 22.1. The van der Waals surface area contributed by atoms with Crippen LogP contribution < -0.4 is 5.32 Å². The SMILES string of the molecule is CC(CS(C)(=O)=O)NCCc1ccc([N+](=O)[O-])cc1. The Balaban J connectivity index is 2.39. The number of nitrogens with zero attached hydrogens (tertiary/aromatic N) is 1. The molecule has 0 aliphatic rings. The summed E-state index contributed by atoms with van der Waals surface area (Å²) in [6, 6.07) is 6.25. The number of sulfone groups is 1. The molecule has 0 amide bonds. The van der Waals surface area contributed by atoms with Gasteiger partial charge in [-0.3, -0.25) is 10.1 Å². The highest BCUT2D eigenvalue weighted by atomic mass is 32.2. The fourth-order valence-electron chi connectivity index (χ4n) is 1.76. The molecule has 7 heteroatoms. The van der Waals surface area contributed by atoms with Crippen molar-refractivity contribution in [2.24, 2.45) is 0 Å². The zero-order valence-electron chi connectivity index (χ0n) is 11.0. The minimum Gasteiger partial charge on any atom is -0.313 e. The second-order valence-corrected chi connectivity index (χ2v) is 6.81. The van der Waals surface area contributed by atoms with Crippen molar-refractivity contribution in [1.29, 1.82) is 0 Å². The molecule has 0 fully saturated rings. The molecular formula is C12H18N2O4S. The van der Waals surface area contributed by atoms with Crippen molar-refractivity contribution in [2.75, 3.05) is 18.6 Å². The van der Waals surface area contributed by atoms with Crippen molar-refractivity contribution >= 4 is 15.5 Å². The summed E-state index contributed by atoms with van der Waals surface area (Å²) in [6.45, 7) is 2.45. The van der Waals surface area contributed by atoms with Crippen molar-refractivity contribution in [3.63, 3.8) is 0 Å². The molecule has 0 heterocycles. The maximum atomic E-state index is 11.1. The maximum absolute atomic E-state index is 11.1. The van der Waals surface area contributed by atoms with Gasteiger partial charge in [-0.1, -0.05) is 12.1 Å². The van der Waals surface area contributed by atoms with E-state index < -0.39 is 14.8 Å². The quantitative estimate of drug-likeness (QED) is 0.600. The summed E-state index contributed by atoms with van der Waals surface area (Å²) in [5, 5.41) is 13.6. The van der Waals surface area contributed by atoms with Crippen molar-refractivity contribution in [3.8, 4) is 0 Å². The van der Waals surface area contributed by atoms with Gasteiger partial charge in [-0.25, -0.2) is 8.42 Å². The van der Waals surface area contributed by atoms with Crippen LogP contribution >= 0.6 is 0 Å². The fourth-order valence-corrected chi connectivity index (χ4v) is 2.79. The lowest BCUT2D eigenvalue weighted by atomic mass is 10.1. The third-order valence-electron chi connectivity index (χ3n) is 2.61. The van der Waals surface area contributed by atoms with Gasteiger partial charge in [-0.15, -0.1) is 0 Å². The minimum absolute atomic E-state index is 0.0714. The number of nitrogens with one attached hydrogen (secondary N) is 1. The highest BCUT2D eigenvalue weighted by molar-refractivity contribution is 7.90. The summed E-state index contributed by atoms with van der Waals surface area (Å²) in [7, 11) is -2.97. The van der Waals surface area contributed by atoms with E-state index in [-0.39, 0.29) is 17.5 Å². The lowest BCUT2D eigenvalue weighted by molar-refractivity contribution is -0.384. The molecule has 1 aromatic carbocycles. The van der Waals surface area contributed by atoms with E-state index in [2.05, 4.69) is 5.32 Å². The molecule has 0 aliphatic heterocycles. The van der Waals surface area contributed by atoms with Gasteiger partial charge in [-0.2, -0.15) is 0 Å². The third kappa shape index (κ3) is 6.30. The molecule has 1 atom stereocenters. The molecule has 106 valence electrons. The smallest absolute Gasteiger partial charge is 0.269 e. The summed E-state index contributed by atoms with van der Waals surface area (Å²) in [5.74, 6) is 0.104. The molecule has 6 nitrogen and oxygen atoms in total. The van der Waals surface area contributed by atoms with E-state index in [9.17, 15) is 18.5 Å². The van der Waals surface area contributed by atoms with Gasteiger partial charge >= 0.3 is 0 Å². The summed E-state index contributed by atoms with van der Waals surface area (Å²) in [6.07, 6.45) is 1.91. The second-order valence-electron chi connectivity index (χ2n) is 4.62. The summed E-state index contributed by atoms with van der Waals surface area (Å²) in [5.41, 5.74) is 1.05. The van der Waals surface area contributed by atoms with Crippen LogP contribution in [0, 0.1) is 10.1 Å². The average Bonchev–Trinajstić information content (AvgIpc) is 2.27. The van der Waals surface area contributed by atoms with E-state index in [0.717, 1.165) is 5.56 Å². The lowest BCUT2D eigenvalue weighted by Gasteiger charge is -2.12. The van der Waals surface area contributed by atoms with Crippen molar-refractivity contribution in [3.05, 3.63) is 39.9 Å². The van der Waals surface area contributed by atoms with Gasteiger partial charge in [0.05, 0.1) is 10.7 Å². The Kier molecular flexibility index (Phi) is 5.44. The Morgan fingerprint density at radius 2 is 1.89 bits per heavy atom. The normalized spacial score (nSPS) is 13.2. The molecule has 1 rings (SSSR count). The third-order valence-corrected chi connectivity index (χ3v) is 3.71. The van der Waals surface area contributed by atoms with E-state index >= 15 is 0 Å². The predicted molar refractivity (Wildman–Crippen MR) is 74.0 cm³/mol. The fraction of sp³-hybridized carbons (Fsp3) is 0.500. The van der Waals surface area contributed by atoms with E-state index in [1.807, 2.05) is 6.92 Å². The number of rotatable bonds is 7. The molecule has 0 radical (unpaired) electrons. The van der Waals surface area contributed by atoms with Crippen LogP contribution in [0.1, 0.15) is 12.5 Å². The molecule has 0 bridgehead atoms. The van der Waals surface area contributed by atoms with E-state index in [1.165, 1.54) is 18.4 Å². The first-order valence-corrected chi connectivity index (χ1v) is 7.98. The highest BCUT2D eigenvalue weighted by Crippen LogP contribution is 2.11. The topological polar surface area (TPSA) is 89.3 Å². The number of nitro benzene ring substituents is 1. The Hall–Kier alpha value is -1.47. The van der Waals surface area contributed by atoms with E-state index in [1.54, 1.807) is 12.1 Å². The number of benzene rings is 1. The molecule has 0 spiro atoms. The number of nitro groups is 1. The van der Waals surface area contributed by atoms with Gasteiger partial charge in [-0.05, 0) is 25.5 Å². The zero-order valence-corrected chi connectivity index (χ0v) is 11.8. The van der Waals surface area contributed by atoms with Crippen molar-refractivity contribution < 1.29 is 13.3 Å². The van der Waals surface area contributed by atoms with Crippen LogP contribution in [0.15, 0.2) is 24.3 Å². The van der Waals surface area contributed by atoms with Crippen molar-refractivity contribution in [1.82, 2.24) is 5.32 Å². The van der Waals surface area contributed by atoms with Gasteiger partial charge in [0.15, 0.2) is 0 Å². The van der Waals surface area contributed by atoms with Crippen LogP contribution in [0.25, 0.3) is 0 Å². The lowest BCUT2D eigenvalue weighted by Crippen LogP contribution is -2.34. The second kappa shape index (κ2) is 6.63. The van der Waals surface area contributed by atoms with Crippen LogP contribution in [0.5, 0.6) is 0 Å². The van der Waals surface area contributed by atoms with Crippen LogP contribution in [-0.4, -0.2) is 37.9 Å². The molecule has 0 aromatic heterocycles. The molecular weight excluding hydrogens is 268 g/mol. The molecule has 1 N–H and O–H groups in total. The molecule has 0 saturated heterocycles. The van der Waals surface area contributed by atoms with Crippen LogP contribution in [0.4, 0.5) is 5.69 Å². The zero-order chi connectivity index (χ0) is 14.5. The van der Waals surface area contributed by atoms with Crippen LogP contribution in [0.3, 0.4) is 0 Å². The van der Waals surface area contributed by atoms with Gasteiger partial charge in [0.2, 0.25) is 0 Å². The van der Waals surface area contributed by atoms with Crippen LogP contribution in [0.2, 0.25) is 0 Å². The first-order chi connectivity index (χ1) is 8.78. The minimum atomic E-state index is -2.97. The standard InChI is InChI=1S/C12H18N2O4S/c1-10(9-19(2,17)18)13-8-7-11-3-5-12(6-4-11)14(15)16/h3-6,10,13H,7-9H2,1-2H3. The summed E-state index contributed by atoms with van der Waals surface area (Å²) in [4.78, 5) is 10.1. The monoisotopic (exact) mass is 286 g/mol. The number of hydrogen-bond donors (Lipinski definition) is 1. The first-order valence-electron chi connectivity index (χ1n) is 5.92. The highest BCUT2D eigenvalue weighted by Gasteiger charge is 2.09. The van der Waals surface area contributed by atoms with Gasteiger partial charge < -0.3 is 5.32 Å². The van der Waals surface area contributed by atoms with Gasteiger partial charge in [0, 0.05) is 24.4 Å². The average molecular weight is 286 g/mol. The maximum Gasteiger partial charge on any atom is 0.269 e. The van der Waals surface area contributed by atoms with Crippen molar-refractivity contribution in [2.45, 2.75) is 19.4 Å². The molecule has 1 unspecified atom stereocenters. The molecule has 19 heavy (non-hydrogen) atoms. The Morgan fingerprint density at radius 3 is 2.37 bits per heavy atom. The first kappa shape index (κ1) is 15.6. The Bertz CT molecular complexity index is 525. The summed E-state index contributed by atoms with van der Waals surface area (Å²) >= 11 is 0. The Labute approximate surface area is 112 Å². The van der Waals surface area contributed by atoms with Gasteiger partial charge in [0.1, 0.15) is 9.84 Å². The Morgan fingerprint density at radius 1 is 1.32 bits per heavy atom.